The lowest BCUT2D eigenvalue weighted by molar-refractivity contribution is 0.296. The highest BCUT2D eigenvalue weighted by Crippen LogP contribution is 1.86. The summed E-state index contributed by atoms with van der Waals surface area (Å²) in [6.45, 7) is 0.115. The molecule has 0 saturated heterocycles. The molecular weight excluding hydrogens is 116 g/mol. The summed E-state index contributed by atoms with van der Waals surface area (Å²) in [6, 6.07) is 1.75. The lowest BCUT2D eigenvalue weighted by Gasteiger charge is -1.91. The molecule has 1 aromatic rings. The molecule has 0 aliphatic rings. The van der Waals surface area contributed by atoms with Crippen molar-refractivity contribution < 1.29 is 5.11 Å². The smallest absolute Gasteiger partial charge is 0.130 e. The monoisotopic (exact) mass is 124 g/mol. The molecule has 3 nitrogen and oxygen atoms in total. The van der Waals surface area contributed by atoms with E-state index in [1.54, 1.807) is 18.5 Å². The molecule has 0 unspecified atom stereocenters. The maximum atomic E-state index is 8.44. The molecule has 0 atom stereocenters. The van der Waals surface area contributed by atoms with E-state index in [2.05, 4.69) is 9.97 Å². The van der Waals surface area contributed by atoms with Gasteiger partial charge < -0.3 is 5.11 Å². The normalized spacial score (nSPS) is 9.44. The quantitative estimate of drug-likeness (QED) is 0.604. The van der Waals surface area contributed by atoms with Crippen molar-refractivity contribution in [2.45, 2.75) is 6.42 Å². The van der Waals surface area contributed by atoms with E-state index in [0.29, 0.717) is 12.2 Å². The van der Waals surface area contributed by atoms with Gasteiger partial charge in [0.25, 0.3) is 0 Å². The molecule has 1 heterocycles. The van der Waals surface area contributed by atoms with Gasteiger partial charge in [-0.3, -0.25) is 0 Å². The minimum absolute atomic E-state index is 0.115. The van der Waals surface area contributed by atoms with Gasteiger partial charge in [-0.15, -0.1) is 0 Å². The van der Waals surface area contributed by atoms with Gasteiger partial charge >= 0.3 is 0 Å². The largest absolute Gasteiger partial charge is 0.396 e. The zero-order chi connectivity index (χ0) is 6.53. The Labute approximate surface area is 53.4 Å². The van der Waals surface area contributed by atoms with Gasteiger partial charge in [0.2, 0.25) is 0 Å². The Morgan fingerprint density at radius 3 is 2.56 bits per heavy atom. The Bertz CT molecular complexity index is 164. The maximum Gasteiger partial charge on any atom is 0.130 e. The van der Waals surface area contributed by atoms with Crippen molar-refractivity contribution in [2.24, 2.45) is 0 Å². The van der Waals surface area contributed by atoms with Crippen molar-refractivity contribution in [2.75, 3.05) is 6.61 Å². The summed E-state index contributed by atoms with van der Waals surface area (Å²) in [7, 11) is 0. The highest BCUT2D eigenvalue weighted by molar-refractivity contribution is 4.87. The first-order valence-electron chi connectivity index (χ1n) is 2.80. The van der Waals surface area contributed by atoms with Crippen LogP contribution in [0.4, 0.5) is 0 Å². The van der Waals surface area contributed by atoms with Crippen LogP contribution in [0, 0.1) is 0 Å². The van der Waals surface area contributed by atoms with Gasteiger partial charge in [-0.1, -0.05) is 0 Å². The second-order valence-corrected chi connectivity index (χ2v) is 1.64. The van der Waals surface area contributed by atoms with Crippen molar-refractivity contribution in [3.05, 3.63) is 24.3 Å². The molecule has 0 saturated carbocycles. The van der Waals surface area contributed by atoms with E-state index < -0.39 is 0 Å². The number of aliphatic hydroxyl groups is 1. The van der Waals surface area contributed by atoms with Gasteiger partial charge in [0, 0.05) is 18.8 Å². The average Bonchev–Trinajstić information content (AvgIpc) is 1.91. The lowest BCUT2D eigenvalue weighted by Crippen LogP contribution is -1.95. The Hall–Kier alpha value is -0.960. The molecule has 9 heavy (non-hydrogen) atoms. The molecule has 3 heteroatoms. The van der Waals surface area contributed by atoms with E-state index in [4.69, 9.17) is 5.11 Å². The molecule has 1 rings (SSSR count). The molecular formula is C6H8N2O. The predicted octanol–water partition coefficient (Wildman–Crippen LogP) is 0.0114. The molecule has 0 aliphatic heterocycles. The third kappa shape index (κ3) is 1.77. The van der Waals surface area contributed by atoms with Crippen LogP contribution in [0.25, 0.3) is 0 Å². The van der Waals surface area contributed by atoms with Gasteiger partial charge in [0.15, 0.2) is 0 Å². The highest BCUT2D eigenvalue weighted by atomic mass is 16.3. The standard InChI is InChI=1S/C6H8N2O/c9-5-2-6-7-3-1-4-8-6/h1,3-4,9H,2,5H2. The minimum Gasteiger partial charge on any atom is -0.396 e. The second kappa shape index (κ2) is 3.14. The zero-order valence-corrected chi connectivity index (χ0v) is 4.99. The van der Waals surface area contributed by atoms with Crippen LogP contribution < -0.4 is 0 Å². The Morgan fingerprint density at radius 2 is 2.00 bits per heavy atom. The topological polar surface area (TPSA) is 46.0 Å². The van der Waals surface area contributed by atoms with Crippen LogP contribution in [0.3, 0.4) is 0 Å². The number of aliphatic hydroxyl groups excluding tert-OH is 1. The Kier molecular flexibility index (Phi) is 2.15. The van der Waals surface area contributed by atoms with E-state index in [1.165, 1.54) is 0 Å². The van der Waals surface area contributed by atoms with Crippen LogP contribution in [0.2, 0.25) is 0 Å². The Balaban J connectivity index is 2.61. The fourth-order valence-electron chi connectivity index (χ4n) is 0.559. The highest BCUT2D eigenvalue weighted by Gasteiger charge is 1.88. The molecule has 48 valence electrons. The summed E-state index contributed by atoms with van der Waals surface area (Å²) in [5.74, 6) is 0.694. The number of hydrogen-bond acceptors (Lipinski definition) is 3. The first-order chi connectivity index (χ1) is 4.43. The third-order valence-corrected chi connectivity index (χ3v) is 0.955. The number of nitrogens with zero attached hydrogens (tertiary/aromatic N) is 2. The summed E-state index contributed by atoms with van der Waals surface area (Å²) < 4.78 is 0. The van der Waals surface area contributed by atoms with Crippen molar-refractivity contribution in [1.82, 2.24) is 9.97 Å². The van der Waals surface area contributed by atoms with Crippen molar-refractivity contribution in [3.63, 3.8) is 0 Å². The fourth-order valence-corrected chi connectivity index (χ4v) is 0.559. The van der Waals surface area contributed by atoms with Crippen LogP contribution in [0.1, 0.15) is 5.82 Å². The maximum absolute atomic E-state index is 8.44. The SMILES string of the molecule is OCCc1ncccn1. The molecule has 0 fully saturated rings. The summed E-state index contributed by atoms with van der Waals surface area (Å²) in [5, 5.41) is 8.44. The number of hydrogen-bond donors (Lipinski definition) is 1. The summed E-state index contributed by atoms with van der Waals surface area (Å²) in [5.41, 5.74) is 0. The van der Waals surface area contributed by atoms with Crippen molar-refractivity contribution in [1.29, 1.82) is 0 Å². The molecule has 1 N–H and O–H groups in total. The molecule has 0 bridgehead atoms. The molecule has 0 aromatic carbocycles. The summed E-state index contributed by atoms with van der Waals surface area (Å²) in [6.07, 6.45) is 3.87. The summed E-state index contributed by atoms with van der Waals surface area (Å²) in [4.78, 5) is 7.79. The molecule has 0 radical (unpaired) electrons. The van der Waals surface area contributed by atoms with Crippen LogP contribution in [0.15, 0.2) is 18.5 Å². The van der Waals surface area contributed by atoms with Crippen LogP contribution in [-0.2, 0) is 6.42 Å². The molecule has 1 aromatic heterocycles. The van der Waals surface area contributed by atoms with E-state index in [1.807, 2.05) is 0 Å². The van der Waals surface area contributed by atoms with E-state index >= 15 is 0 Å². The number of rotatable bonds is 2. The average molecular weight is 124 g/mol. The minimum atomic E-state index is 0.115. The van der Waals surface area contributed by atoms with Crippen molar-refractivity contribution in [3.8, 4) is 0 Å². The van der Waals surface area contributed by atoms with E-state index in [0.717, 1.165) is 0 Å². The van der Waals surface area contributed by atoms with Gasteiger partial charge in [-0.2, -0.15) is 0 Å². The predicted molar refractivity (Wildman–Crippen MR) is 32.8 cm³/mol. The molecule has 0 aliphatic carbocycles. The fraction of sp³-hybridized carbons (Fsp3) is 0.333. The van der Waals surface area contributed by atoms with Gasteiger partial charge in [0.05, 0.1) is 6.61 Å². The van der Waals surface area contributed by atoms with Gasteiger partial charge in [-0.25, -0.2) is 9.97 Å². The Morgan fingerprint density at radius 1 is 1.33 bits per heavy atom. The van der Waals surface area contributed by atoms with Crippen LogP contribution in [0.5, 0.6) is 0 Å². The van der Waals surface area contributed by atoms with E-state index in [9.17, 15) is 0 Å². The molecule has 0 amide bonds. The lowest BCUT2D eigenvalue weighted by atomic mass is 10.4. The van der Waals surface area contributed by atoms with Crippen LogP contribution in [-0.4, -0.2) is 21.7 Å². The summed E-state index contributed by atoms with van der Waals surface area (Å²) >= 11 is 0. The first kappa shape index (κ1) is 6.16. The van der Waals surface area contributed by atoms with Gasteiger partial charge in [0.1, 0.15) is 5.82 Å². The second-order valence-electron chi connectivity index (χ2n) is 1.64. The number of aromatic nitrogens is 2. The van der Waals surface area contributed by atoms with E-state index in [-0.39, 0.29) is 6.61 Å². The molecule has 0 spiro atoms. The third-order valence-electron chi connectivity index (χ3n) is 0.955. The first-order valence-corrected chi connectivity index (χ1v) is 2.80. The zero-order valence-electron chi connectivity index (χ0n) is 4.99. The van der Waals surface area contributed by atoms with Gasteiger partial charge in [-0.05, 0) is 6.07 Å². The van der Waals surface area contributed by atoms with Crippen LogP contribution >= 0.6 is 0 Å². The van der Waals surface area contributed by atoms with Crippen molar-refractivity contribution >= 4 is 0 Å².